The zero-order chi connectivity index (χ0) is 13.8. The van der Waals surface area contributed by atoms with Gasteiger partial charge in [-0.05, 0) is 18.2 Å². The zero-order valence-electron chi connectivity index (χ0n) is 9.31. The van der Waals surface area contributed by atoms with E-state index in [0.717, 1.165) is 18.2 Å². The van der Waals surface area contributed by atoms with E-state index < -0.39 is 28.3 Å². The van der Waals surface area contributed by atoms with Gasteiger partial charge < -0.3 is 4.74 Å². The van der Waals surface area contributed by atoms with Crippen molar-refractivity contribution in [3.8, 4) is 5.75 Å². The fourth-order valence-electron chi connectivity index (χ4n) is 1.10. The lowest BCUT2D eigenvalue weighted by molar-refractivity contribution is -0.127. The van der Waals surface area contributed by atoms with Gasteiger partial charge in [-0.1, -0.05) is 0 Å². The van der Waals surface area contributed by atoms with Gasteiger partial charge >= 0.3 is 0 Å². The van der Waals surface area contributed by atoms with Gasteiger partial charge in [0.05, 0.1) is 18.6 Å². The van der Waals surface area contributed by atoms with Crippen LogP contribution < -0.4 is 14.9 Å². The van der Waals surface area contributed by atoms with Crippen molar-refractivity contribution in [1.29, 1.82) is 0 Å². The third-order valence-corrected chi connectivity index (χ3v) is 3.38. The number of hydrogen-bond donors (Lipinski definition) is 3. The Balaban J connectivity index is 2.92. The molecular weight excluding hydrogens is 267 g/mol. The second-order valence-electron chi connectivity index (χ2n) is 3.16. The normalized spacial score (nSPS) is 11.1. The molecular formula is C9H11FN2O5S. The van der Waals surface area contributed by atoms with Crippen LogP contribution in [0.4, 0.5) is 4.39 Å². The van der Waals surface area contributed by atoms with Crippen LogP contribution in [0.2, 0.25) is 0 Å². The minimum absolute atomic E-state index is 0.0953. The molecule has 0 spiro atoms. The van der Waals surface area contributed by atoms with Crippen molar-refractivity contribution in [3.63, 3.8) is 0 Å². The van der Waals surface area contributed by atoms with Gasteiger partial charge in [0.15, 0.2) is 11.6 Å². The summed E-state index contributed by atoms with van der Waals surface area (Å²) in [4.78, 5) is 10.3. The summed E-state index contributed by atoms with van der Waals surface area (Å²) in [7, 11) is -2.78. The summed E-state index contributed by atoms with van der Waals surface area (Å²) in [5, 5.41) is 8.20. The molecule has 18 heavy (non-hydrogen) atoms. The standard InChI is InChI=1S/C9H11FN2O5S/c1-17-8-3-2-6(4-7(8)10)18(15,16)11-5-9(13)12-14/h2-4,11,14H,5H2,1H3,(H,12,13). The topological polar surface area (TPSA) is 105 Å². The fourth-order valence-corrected chi connectivity index (χ4v) is 2.09. The number of amides is 1. The maximum Gasteiger partial charge on any atom is 0.258 e. The summed E-state index contributed by atoms with van der Waals surface area (Å²) >= 11 is 0. The van der Waals surface area contributed by atoms with Crippen LogP contribution >= 0.6 is 0 Å². The molecule has 0 radical (unpaired) electrons. The van der Waals surface area contributed by atoms with E-state index in [-0.39, 0.29) is 10.6 Å². The first-order chi connectivity index (χ1) is 8.40. The number of benzene rings is 1. The van der Waals surface area contributed by atoms with Crippen molar-refractivity contribution in [3.05, 3.63) is 24.0 Å². The molecule has 1 amide bonds. The van der Waals surface area contributed by atoms with Gasteiger partial charge in [-0.25, -0.2) is 23.0 Å². The predicted octanol–water partition coefficient (Wildman–Crippen LogP) is -0.382. The summed E-state index contributed by atoms with van der Waals surface area (Å²) in [6.45, 7) is -0.660. The van der Waals surface area contributed by atoms with E-state index >= 15 is 0 Å². The van der Waals surface area contributed by atoms with Crippen LogP contribution in [-0.4, -0.2) is 33.2 Å². The summed E-state index contributed by atoms with van der Waals surface area (Å²) in [6, 6.07) is 3.04. The molecule has 9 heteroatoms. The molecule has 0 fully saturated rings. The Morgan fingerprint density at radius 3 is 2.67 bits per heavy atom. The van der Waals surface area contributed by atoms with Gasteiger partial charge in [0.25, 0.3) is 5.91 Å². The highest BCUT2D eigenvalue weighted by molar-refractivity contribution is 7.89. The lowest BCUT2D eigenvalue weighted by Crippen LogP contribution is -2.35. The van der Waals surface area contributed by atoms with Crippen molar-refractivity contribution in [1.82, 2.24) is 10.2 Å². The van der Waals surface area contributed by atoms with E-state index in [1.807, 2.05) is 4.72 Å². The molecule has 1 aromatic carbocycles. The van der Waals surface area contributed by atoms with Crippen LogP contribution in [0.25, 0.3) is 0 Å². The predicted molar refractivity (Wildman–Crippen MR) is 58.1 cm³/mol. The monoisotopic (exact) mass is 278 g/mol. The highest BCUT2D eigenvalue weighted by Crippen LogP contribution is 2.20. The second kappa shape index (κ2) is 5.76. The summed E-state index contributed by atoms with van der Waals surface area (Å²) in [5.41, 5.74) is 1.26. The van der Waals surface area contributed by atoms with Gasteiger partial charge in [0.2, 0.25) is 10.0 Å². The lowest BCUT2D eigenvalue weighted by atomic mass is 10.3. The van der Waals surface area contributed by atoms with E-state index in [2.05, 4.69) is 4.74 Å². The highest BCUT2D eigenvalue weighted by atomic mass is 32.2. The van der Waals surface area contributed by atoms with Crippen LogP contribution in [0, 0.1) is 5.82 Å². The van der Waals surface area contributed by atoms with Crippen LogP contribution in [0.15, 0.2) is 23.1 Å². The lowest BCUT2D eigenvalue weighted by Gasteiger charge is -2.07. The maximum atomic E-state index is 13.3. The van der Waals surface area contributed by atoms with Crippen molar-refractivity contribution >= 4 is 15.9 Å². The number of hydroxylamine groups is 1. The third kappa shape index (κ3) is 3.39. The molecule has 0 unspecified atom stereocenters. The molecule has 100 valence electrons. The number of ether oxygens (including phenoxy) is 1. The zero-order valence-corrected chi connectivity index (χ0v) is 10.1. The highest BCUT2D eigenvalue weighted by Gasteiger charge is 2.17. The van der Waals surface area contributed by atoms with Crippen LogP contribution in [-0.2, 0) is 14.8 Å². The Hall–Kier alpha value is -1.71. The molecule has 0 heterocycles. The van der Waals surface area contributed by atoms with Crippen molar-refractivity contribution in [2.45, 2.75) is 4.90 Å². The second-order valence-corrected chi connectivity index (χ2v) is 4.92. The molecule has 3 N–H and O–H groups in total. The van der Waals surface area contributed by atoms with Crippen LogP contribution in [0.1, 0.15) is 0 Å². The van der Waals surface area contributed by atoms with Gasteiger partial charge in [-0.3, -0.25) is 10.0 Å². The van der Waals surface area contributed by atoms with E-state index in [1.54, 1.807) is 0 Å². The molecule has 0 saturated heterocycles. The Morgan fingerprint density at radius 2 is 2.17 bits per heavy atom. The summed E-state index contributed by atoms with van der Waals surface area (Å²) < 4.78 is 43.1. The summed E-state index contributed by atoms with van der Waals surface area (Å²) in [6.07, 6.45) is 0. The van der Waals surface area contributed by atoms with Gasteiger partial charge in [-0.2, -0.15) is 0 Å². The van der Waals surface area contributed by atoms with Crippen molar-refractivity contribution < 1.29 is 27.5 Å². The number of carbonyl (C=O) groups excluding carboxylic acids is 1. The number of halogens is 1. The van der Waals surface area contributed by atoms with Gasteiger partial charge in [-0.15, -0.1) is 0 Å². The van der Waals surface area contributed by atoms with Crippen LogP contribution in [0.5, 0.6) is 5.75 Å². The minimum atomic E-state index is -4.03. The first kappa shape index (κ1) is 14.4. The van der Waals surface area contributed by atoms with Gasteiger partial charge in [0, 0.05) is 0 Å². The molecule has 0 saturated carbocycles. The van der Waals surface area contributed by atoms with E-state index in [9.17, 15) is 17.6 Å². The Morgan fingerprint density at radius 1 is 1.50 bits per heavy atom. The molecule has 0 aliphatic carbocycles. The van der Waals surface area contributed by atoms with Crippen molar-refractivity contribution in [2.75, 3.05) is 13.7 Å². The quantitative estimate of drug-likeness (QED) is 0.503. The SMILES string of the molecule is COc1ccc(S(=O)(=O)NCC(=O)NO)cc1F. The first-order valence-corrected chi connectivity index (χ1v) is 6.15. The molecule has 0 aromatic heterocycles. The van der Waals surface area contributed by atoms with E-state index in [1.165, 1.54) is 12.6 Å². The Labute approximate surface area is 103 Å². The molecule has 7 nitrogen and oxygen atoms in total. The van der Waals surface area contributed by atoms with E-state index in [0.29, 0.717) is 0 Å². The minimum Gasteiger partial charge on any atom is -0.494 e. The van der Waals surface area contributed by atoms with Crippen molar-refractivity contribution in [2.24, 2.45) is 0 Å². The number of rotatable bonds is 5. The van der Waals surface area contributed by atoms with E-state index in [4.69, 9.17) is 5.21 Å². The number of nitrogens with one attached hydrogen (secondary N) is 2. The smallest absolute Gasteiger partial charge is 0.258 e. The van der Waals surface area contributed by atoms with Gasteiger partial charge in [0.1, 0.15) is 0 Å². The number of sulfonamides is 1. The molecule has 0 aliphatic heterocycles. The molecule has 0 atom stereocenters. The molecule has 1 rings (SSSR count). The number of methoxy groups -OCH3 is 1. The first-order valence-electron chi connectivity index (χ1n) is 4.67. The largest absolute Gasteiger partial charge is 0.494 e. The maximum absolute atomic E-state index is 13.3. The molecule has 0 aliphatic rings. The Kier molecular flexibility index (Phi) is 4.59. The summed E-state index contributed by atoms with van der Waals surface area (Å²) in [5.74, 6) is -1.87. The Bertz CT molecular complexity index is 546. The van der Waals surface area contributed by atoms with Crippen LogP contribution in [0.3, 0.4) is 0 Å². The molecule has 0 bridgehead atoms. The average molecular weight is 278 g/mol. The molecule has 1 aromatic rings. The number of hydrogen-bond acceptors (Lipinski definition) is 5. The average Bonchev–Trinajstić information content (AvgIpc) is 2.35. The third-order valence-electron chi connectivity index (χ3n) is 1.98. The number of carbonyl (C=O) groups is 1. The fraction of sp³-hybridized carbons (Fsp3) is 0.222.